The molecule has 1 aromatic carbocycles. The molecule has 2 saturated carbocycles. The third kappa shape index (κ3) is 5.17. The molecule has 5 unspecified atom stereocenters. The van der Waals surface area contributed by atoms with Crippen LogP contribution in [0.1, 0.15) is 139 Å². The number of carbonyl (C=O) groups is 2. The maximum absolute atomic E-state index is 15.3. The lowest BCUT2D eigenvalue weighted by atomic mass is 9.40. The quantitative estimate of drug-likeness (QED) is 0.152. The molecule has 54 heavy (non-hydrogen) atoms. The zero-order chi connectivity index (χ0) is 39.5. The van der Waals surface area contributed by atoms with Crippen LogP contribution < -0.4 is 0 Å². The Balaban J connectivity index is 1.39. The van der Waals surface area contributed by atoms with E-state index in [0.717, 1.165) is 67.0 Å². The highest BCUT2D eigenvalue weighted by atomic mass is 28.4. The Labute approximate surface area is 327 Å². The van der Waals surface area contributed by atoms with E-state index >= 15 is 4.79 Å². The van der Waals surface area contributed by atoms with Gasteiger partial charge in [0, 0.05) is 34.4 Å². The number of fused-ring (bicyclic) bond motifs is 11. The van der Waals surface area contributed by atoms with Gasteiger partial charge in [-0.2, -0.15) is 0 Å². The van der Waals surface area contributed by atoms with E-state index in [1.54, 1.807) is 0 Å². The number of aldehydes is 1. The fraction of sp³-hybridized carbons (Fsp3) is 0.696. The second-order valence-electron chi connectivity index (χ2n) is 22.1. The number of ether oxygens (including phenoxy) is 1. The summed E-state index contributed by atoms with van der Waals surface area (Å²) in [5.74, 6) is 1.05. The Bertz CT molecular complexity index is 2030. The number of ketones is 1. The van der Waals surface area contributed by atoms with E-state index < -0.39 is 33.9 Å². The van der Waals surface area contributed by atoms with Gasteiger partial charge in [0.2, 0.25) is 0 Å². The predicted molar refractivity (Wildman–Crippen MR) is 224 cm³/mol. The van der Waals surface area contributed by atoms with Gasteiger partial charge in [-0.15, -0.1) is 0 Å². The van der Waals surface area contributed by atoms with Crippen LogP contribution >= 0.6 is 0 Å². The average molecular weight is 770 g/mol. The van der Waals surface area contributed by atoms with Crippen LogP contribution in [0, 0.1) is 28.6 Å². The molecule has 2 fully saturated rings. The summed E-state index contributed by atoms with van der Waals surface area (Å²) in [5.41, 5.74) is 8.06. The standard InChI is InChI=1S/C46H67NO5Si2/c1-26(2)37-39(49)35-34-28(31-25-42(3,4)52-43(5,6)36(31)40(34)51-54(13,14)15)24-29-30-23-27-17-18-32-44(7,20-16-22-48)33(50-53(10,11)12)19-21-45(32,8)46(27,9)41(30)47(37)38(29)35/h22,24-25,27,32-33,36-37,40H,1,16-21,23H2,2-15H3/t27?,32?,33?,36?,37-,40?,44-,45-,46+/m0/s1. The lowest BCUT2D eigenvalue weighted by molar-refractivity contribution is -0.162. The van der Waals surface area contributed by atoms with Gasteiger partial charge in [-0.05, 0) is 164 Å². The summed E-state index contributed by atoms with van der Waals surface area (Å²) in [5, 5.41) is 1.27. The van der Waals surface area contributed by atoms with E-state index in [1.165, 1.54) is 27.8 Å². The first-order valence-corrected chi connectivity index (χ1v) is 27.8. The Morgan fingerprint density at radius 3 is 2.28 bits per heavy atom. The number of aromatic nitrogens is 1. The minimum atomic E-state index is -2.07. The van der Waals surface area contributed by atoms with Crippen molar-refractivity contribution in [1.82, 2.24) is 4.57 Å². The van der Waals surface area contributed by atoms with Crippen LogP contribution in [0.5, 0.6) is 0 Å². The van der Waals surface area contributed by atoms with Gasteiger partial charge < -0.3 is 23.0 Å². The molecule has 0 radical (unpaired) electrons. The number of nitrogens with zero attached hydrogens (tertiary/aromatic N) is 1. The first-order chi connectivity index (χ1) is 24.8. The van der Waals surface area contributed by atoms with Crippen LogP contribution in [0.2, 0.25) is 39.3 Å². The number of benzene rings is 1. The first-order valence-electron chi connectivity index (χ1n) is 21.0. The second-order valence-corrected chi connectivity index (χ2v) is 31.0. The van der Waals surface area contributed by atoms with Gasteiger partial charge in [-0.25, -0.2) is 0 Å². The highest BCUT2D eigenvalue weighted by Gasteiger charge is 2.68. The highest BCUT2D eigenvalue weighted by Crippen LogP contribution is 2.72. The Hall–Kier alpha value is -2.11. The van der Waals surface area contributed by atoms with Gasteiger partial charge in [0.15, 0.2) is 22.4 Å². The molecule has 0 N–H and O–H groups in total. The van der Waals surface area contributed by atoms with Crippen molar-refractivity contribution in [3.05, 3.63) is 52.2 Å². The van der Waals surface area contributed by atoms with E-state index in [0.29, 0.717) is 18.3 Å². The summed E-state index contributed by atoms with van der Waals surface area (Å²) in [6, 6.07) is 2.05. The molecule has 9 atom stereocenters. The normalized spacial score (nSPS) is 37.4. The Morgan fingerprint density at radius 2 is 1.67 bits per heavy atom. The fourth-order valence-corrected chi connectivity index (χ4v) is 16.0. The van der Waals surface area contributed by atoms with Gasteiger partial charge in [0.25, 0.3) is 0 Å². The van der Waals surface area contributed by atoms with Gasteiger partial charge in [0.05, 0.1) is 34.5 Å². The summed E-state index contributed by atoms with van der Waals surface area (Å²) in [4.78, 5) is 27.3. The lowest BCUT2D eigenvalue weighted by Crippen LogP contribution is -2.63. The van der Waals surface area contributed by atoms with Gasteiger partial charge in [-0.1, -0.05) is 32.9 Å². The van der Waals surface area contributed by atoms with Crippen LogP contribution in [0.15, 0.2) is 24.3 Å². The molecule has 8 rings (SSSR count). The molecule has 294 valence electrons. The highest BCUT2D eigenvalue weighted by molar-refractivity contribution is 6.70. The monoisotopic (exact) mass is 769 g/mol. The number of rotatable bonds is 8. The fourth-order valence-electron chi connectivity index (χ4n) is 13.7. The van der Waals surface area contributed by atoms with Crippen molar-refractivity contribution >= 4 is 45.2 Å². The van der Waals surface area contributed by atoms with Crippen molar-refractivity contribution in [3.63, 3.8) is 0 Å². The number of carbonyl (C=O) groups excluding carboxylic acids is 2. The number of hydrogen-bond donors (Lipinski definition) is 0. The van der Waals surface area contributed by atoms with Crippen molar-refractivity contribution in [2.75, 3.05) is 0 Å². The number of Topliss-reactive ketones (excluding diaryl/α,β-unsaturated/α-hetero) is 1. The van der Waals surface area contributed by atoms with Crippen molar-refractivity contribution in [2.24, 2.45) is 28.6 Å². The average Bonchev–Trinajstić information content (AvgIpc) is 3.69. The minimum Gasteiger partial charge on any atom is -0.414 e. The molecular weight excluding hydrogens is 703 g/mol. The molecule has 0 saturated heterocycles. The van der Waals surface area contributed by atoms with Crippen molar-refractivity contribution in [3.8, 4) is 0 Å². The third-order valence-corrected chi connectivity index (χ3v) is 17.4. The van der Waals surface area contributed by atoms with Gasteiger partial charge in [0.1, 0.15) is 12.3 Å². The van der Waals surface area contributed by atoms with E-state index in [-0.39, 0.29) is 40.2 Å². The van der Waals surface area contributed by atoms with Crippen LogP contribution in [-0.4, -0.2) is 50.6 Å². The SMILES string of the molecule is C=C(C)[C@H]1C(=O)c2c3c(cc4c5c(n1c24)[C@@]1(C)C(CCC2[C@](C)(CCC=O)C(O[Si](C)(C)C)CC[C@@]21C)C5)C1=CC(C)(C)OC(C)(C)C1C3O[Si](C)(C)C. The van der Waals surface area contributed by atoms with Crippen molar-refractivity contribution in [2.45, 2.75) is 174 Å². The molecule has 6 nitrogen and oxygen atoms in total. The Kier molecular flexibility index (Phi) is 8.42. The number of hydrogen-bond acceptors (Lipinski definition) is 5. The van der Waals surface area contributed by atoms with Crippen molar-refractivity contribution < 1.29 is 23.2 Å². The zero-order valence-electron chi connectivity index (χ0n) is 35.8. The summed E-state index contributed by atoms with van der Waals surface area (Å²) < 4.78 is 23.6. The molecule has 6 aliphatic rings. The lowest BCUT2D eigenvalue weighted by Gasteiger charge is -2.66. The molecule has 0 bridgehead atoms. The maximum atomic E-state index is 15.3. The molecule has 0 spiro atoms. The van der Waals surface area contributed by atoms with Crippen molar-refractivity contribution in [1.29, 1.82) is 0 Å². The smallest absolute Gasteiger partial charge is 0.192 e. The molecule has 2 aliphatic heterocycles. The van der Waals surface area contributed by atoms with Crippen LogP contribution in [0.3, 0.4) is 0 Å². The second kappa shape index (κ2) is 11.7. The van der Waals surface area contributed by atoms with E-state index in [4.69, 9.17) is 13.6 Å². The van der Waals surface area contributed by atoms with E-state index in [2.05, 4.69) is 118 Å². The molecule has 3 heterocycles. The molecule has 4 aliphatic carbocycles. The third-order valence-electron chi connectivity index (χ3n) is 15.4. The molecule has 0 amide bonds. The summed E-state index contributed by atoms with van der Waals surface area (Å²) in [6.45, 7) is 36.6. The number of allylic oxidation sites excluding steroid dienone is 1. The molecule has 1 aromatic heterocycles. The predicted octanol–water partition coefficient (Wildman–Crippen LogP) is 11.3. The topological polar surface area (TPSA) is 66.8 Å². The zero-order valence-corrected chi connectivity index (χ0v) is 37.8. The molecule has 8 heteroatoms. The van der Waals surface area contributed by atoms with E-state index in [1.807, 2.05) is 0 Å². The maximum Gasteiger partial charge on any atom is 0.192 e. The summed E-state index contributed by atoms with van der Waals surface area (Å²) in [7, 11) is -3.91. The Morgan fingerprint density at radius 1 is 1.00 bits per heavy atom. The van der Waals surface area contributed by atoms with Crippen LogP contribution in [0.25, 0.3) is 16.5 Å². The van der Waals surface area contributed by atoms with E-state index in [9.17, 15) is 4.79 Å². The molecule has 2 aromatic rings. The van der Waals surface area contributed by atoms with Gasteiger partial charge >= 0.3 is 0 Å². The van der Waals surface area contributed by atoms with Gasteiger partial charge in [-0.3, -0.25) is 4.79 Å². The largest absolute Gasteiger partial charge is 0.414 e. The summed E-state index contributed by atoms with van der Waals surface area (Å²) in [6.07, 6.45) is 10.2. The van der Waals surface area contributed by atoms with Crippen LogP contribution in [-0.2, 0) is 30.2 Å². The first kappa shape index (κ1) is 38.8. The minimum absolute atomic E-state index is 0.00874. The molecular formula is C46H67NO5Si2. The van der Waals surface area contributed by atoms with Crippen LogP contribution in [0.4, 0.5) is 0 Å². The summed E-state index contributed by atoms with van der Waals surface area (Å²) >= 11 is 0.